The van der Waals surface area contributed by atoms with Gasteiger partial charge in [0.15, 0.2) is 6.61 Å². The topological polar surface area (TPSA) is 71.8 Å². The van der Waals surface area contributed by atoms with Crippen LogP contribution < -0.4 is 10.1 Å². The highest BCUT2D eigenvalue weighted by atomic mass is 35.5. The summed E-state index contributed by atoms with van der Waals surface area (Å²) < 4.78 is 11.4. The van der Waals surface area contributed by atoms with Crippen LogP contribution in [0.15, 0.2) is 70.2 Å². The fraction of sp³-hybridized carbons (Fsp3) is 0.0870. The van der Waals surface area contributed by atoms with Gasteiger partial charge in [0.1, 0.15) is 15.8 Å². The number of furan rings is 1. The van der Waals surface area contributed by atoms with E-state index in [9.17, 15) is 9.59 Å². The molecule has 1 aliphatic rings. The Morgan fingerprint density at radius 3 is 2.79 bits per heavy atom. The van der Waals surface area contributed by atoms with Gasteiger partial charge in [-0.1, -0.05) is 59.3 Å². The first kappa shape index (κ1) is 23.4. The second-order valence-corrected chi connectivity index (χ2v) is 9.40. The van der Waals surface area contributed by atoms with Crippen molar-refractivity contribution < 1.29 is 18.7 Å². The van der Waals surface area contributed by atoms with Crippen molar-refractivity contribution in [3.8, 4) is 5.75 Å². The van der Waals surface area contributed by atoms with E-state index in [0.717, 1.165) is 5.56 Å². The minimum Gasteiger partial charge on any atom is -0.484 e. The van der Waals surface area contributed by atoms with Crippen molar-refractivity contribution >= 4 is 75.1 Å². The van der Waals surface area contributed by atoms with Crippen LogP contribution in [0.3, 0.4) is 0 Å². The van der Waals surface area contributed by atoms with Crippen molar-refractivity contribution in [1.29, 1.82) is 0 Å². The number of rotatable bonds is 7. The van der Waals surface area contributed by atoms with Gasteiger partial charge in [-0.2, -0.15) is 0 Å². The zero-order valence-corrected chi connectivity index (χ0v) is 20.1. The molecule has 1 fully saturated rings. The summed E-state index contributed by atoms with van der Waals surface area (Å²) in [4.78, 5) is 27.0. The standard InChI is InChI=1S/C23H16Cl2N2O4S2/c24-15-6-7-19(18(25)11-15)26-21(28)13-31-16-4-1-3-14(9-16)10-20-22(29)27(23(32)33-20)12-17-5-2-8-30-17/h1-11H,12-13H2,(H,26,28)/b20-10-. The number of thiocarbonyl (C=S) groups is 1. The summed E-state index contributed by atoms with van der Waals surface area (Å²) in [5.74, 6) is 0.573. The third kappa shape index (κ3) is 5.97. The maximum Gasteiger partial charge on any atom is 0.266 e. The third-order valence-electron chi connectivity index (χ3n) is 4.50. The number of thioether (sulfide) groups is 1. The molecule has 1 aliphatic heterocycles. The van der Waals surface area contributed by atoms with Crippen molar-refractivity contribution in [1.82, 2.24) is 4.90 Å². The zero-order valence-electron chi connectivity index (χ0n) is 16.9. The Balaban J connectivity index is 1.38. The van der Waals surface area contributed by atoms with Gasteiger partial charge >= 0.3 is 0 Å². The number of ether oxygens (including phenoxy) is 1. The number of anilines is 1. The second kappa shape index (κ2) is 10.4. The van der Waals surface area contributed by atoms with Gasteiger partial charge in [-0.3, -0.25) is 14.5 Å². The van der Waals surface area contributed by atoms with Crippen LogP contribution in [-0.2, 0) is 16.1 Å². The molecule has 0 aliphatic carbocycles. The average molecular weight is 519 g/mol. The number of amides is 2. The largest absolute Gasteiger partial charge is 0.484 e. The van der Waals surface area contributed by atoms with E-state index < -0.39 is 0 Å². The smallest absolute Gasteiger partial charge is 0.266 e. The van der Waals surface area contributed by atoms with E-state index in [0.29, 0.717) is 36.5 Å². The Morgan fingerprint density at radius 1 is 1.18 bits per heavy atom. The van der Waals surface area contributed by atoms with Gasteiger partial charge in [-0.05, 0) is 54.1 Å². The summed E-state index contributed by atoms with van der Waals surface area (Å²) in [5.41, 5.74) is 1.19. The molecule has 6 nitrogen and oxygen atoms in total. The van der Waals surface area contributed by atoms with Crippen LogP contribution in [0.25, 0.3) is 6.08 Å². The summed E-state index contributed by atoms with van der Waals surface area (Å²) in [6.07, 6.45) is 3.29. The molecule has 2 heterocycles. The molecule has 33 heavy (non-hydrogen) atoms. The Kier molecular flexibility index (Phi) is 7.39. The van der Waals surface area contributed by atoms with E-state index in [-0.39, 0.29) is 25.0 Å². The van der Waals surface area contributed by atoms with Crippen LogP contribution in [0.5, 0.6) is 5.75 Å². The van der Waals surface area contributed by atoms with Gasteiger partial charge in [-0.25, -0.2) is 0 Å². The van der Waals surface area contributed by atoms with E-state index in [2.05, 4.69) is 5.32 Å². The SMILES string of the molecule is O=C(COc1cccc(/C=C2\SC(=S)N(Cc3ccco3)C2=O)c1)Nc1ccc(Cl)cc1Cl. The summed E-state index contributed by atoms with van der Waals surface area (Å²) in [6, 6.07) is 15.4. The van der Waals surface area contributed by atoms with E-state index in [4.69, 9.17) is 44.6 Å². The lowest BCUT2D eigenvalue weighted by atomic mass is 10.2. The fourth-order valence-electron chi connectivity index (χ4n) is 2.97. The Hall–Kier alpha value is -2.78. The lowest BCUT2D eigenvalue weighted by Gasteiger charge is -2.12. The molecular weight excluding hydrogens is 503 g/mol. The number of nitrogens with one attached hydrogen (secondary N) is 1. The lowest BCUT2D eigenvalue weighted by Crippen LogP contribution is -2.27. The molecule has 0 spiro atoms. The Bertz CT molecular complexity index is 1250. The van der Waals surface area contributed by atoms with E-state index in [1.54, 1.807) is 60.9 Å². The molecule has 2 aromatic carbocycles. The molecule has 10 heteroatoms. The number of benzene rings is 2. The van der Waals surface area contributed by atoms with Crippen molar-refractivity contribution in [3.05, 3.63) is 87.1 Å². The van der Waals surface area contributed by atoms with Gasteiger partial charge < -0.3 is 14.5 Å². The molecule has 1 N–H and O–H groups in total. The monoisotopic (exact) mass is 518 g/mol. The van der Waals surface area contributed by atoms with E-state index in [1.165, 1.54) is 16.7 Å². The quantitative estimate of drug-likeness (QED) is 0.305. The highest BCUT2D eigenvalue weighted by molar-refractivity contribution is 8.26. The number of carbonyl (C=O) groups excluding carboxylic acids is 2. The van der Waals surface area contributed by atoms with Gasteiger partial charge in [-0.15, -0.1) is 0 Å². The first-order valence-electron chi connectivity index (χ1n) is 9.64. The van der Waals surface area contributed by atoms with Crippen molar-refractivity contribution in [2.45, 2.75) is 6.54 Å². The van der Waals surface area contributed by atoms with Gasteiger partial charge in [0.25, 0.3) is 11.8 Å². The summed E-state index contributed by atoms with van der Waals surface area (Å²) >= 11 is 18.5. The average Bonchev–Trinajstić information content (AvgIpc) is 3.39. The highest BCUT2D eigenvalue weighted by Gasteiger charge is 2.32. The number of hydrogen-bond donors (Lipinski definition) is 1. The minimum absolute atomic E-state index is 0.188. The second-order valence-electron chi connectivity index (χ2n) is 6.88. The predicted molar refractivity (Wildman–Crippen MR) is 134 cm³/mol. The maximum absolute atomic E-state index is 12.8. The molecule has 4 rings (SSSR count). The molecular formula is C23H16Cl2N2O4S2. The predicted octanol–water partition coefficient (Wildman–Crippen LogP) is 6.01. The first-order valence-corrected chi connectivity index (χ1v) is 11.6. The lowest BCUT2D eigenvalue weighted by molar-refractivity contribution is -0.122. The molecule has 3 aromatic rings. The molecule has 2 amide bonds. The van der Waals surface area contributed by atoms with Crippen molar-refractivity contribution in [3.63, 3.8) is 0 Å². The Labute approximate surface area is 209 Å². The van der Waals surface area contributed by atoms with Crippen LogP contribution in [0.2, 0.25) is 10.0 Å². The van der Waals surface area contributed by atoms with Crippen LogP contribution in [0, 0.1) is 0 Å². The Morgan fingerprint density at radius 2 is 2.03 bits per heavy atom. The molecule has 0 unspecified atom stereocenters. The zero-order chi connectivity index (χ0) is 23.4. The maximum atomic E-state index is 12.8. The molecule has 168 valence electrons. The molecule has 0 bridgehead atoms. The number of halogens is 2. The summed E-state index contributed by atoms with van der Waals surface area (Å²) in [6.45, 7) is 0.0680. The van der Waals surface area contributed by atoms with Gasteiger partial charge in [0, 0.05) is 5.02 Å². The highest BCUT2D eigenvalue weighted by Crippen LogP contribution is 2.34. The van der Waals surface area contributed by atoms with E-state index >= 15 is 0 Å². The molecule has 0 atom stereocenters. The van der Waals surface area contributed by atoms with Crippen LogP contribution in [0.4, 0.5) is 5.69 Å². The van der Waals surface area contributed by atoms with Crippen LogP contribution in [-0.4, -0.2) is 27.6 Å². The van der Waals surface area contributed by atoms with E-state index in [1.807, 2.05) is 6.07 Å². The number of carbonyl (C=O) groups is 2. The first-order chi connectivity index (χ1) is 15.9. The number of nitrogens with zero attached hydrogens (tertiary/aromatic N) is 1. The minimum atomic E-state index is -0.372. The summed E-state index contributed by atoms with van der Waals surface area (Å²) in [5, 5.41) is 3.48. The number of hydrogen-bond acceptors (Lipinski definition) is 6. The normalized spacial score (nSPS) is 14.7. The van der Waals surface area contributed by atoms with Gasteiger partial charge in [0.2, 0.25) is 0 Å². The fourth-order valence-corrected chi connectivity index (χ4v) is 4.68. The molecule has 1 saturated heterocycles. The van der Waals surface area contributed by atoms with Crippen molar-refractivity contribution in [2.75, 3.05) is 11.9 Å². The van der Waals surface area contributed by atoms with Crippen LogP contribution >= 0.6 is 47.2 Å². The third-order valence-corrected chi connectivity index (χ3v) is 6.42. The molecule has 0 saturated carbocycles. The van der Waals surface area contributed by atoms with Gasteiger partial charge in [0.05, 0.1) is 28.4 Å². The molecule has 1 aromatic heterocycles. The summed E-state index contributed by atoms with van der Waals surface area (Å²) in [7, 11) is 0. The van der Waals surface area contributed by atoms with Crippen LogP contribution in [0.1, 0.15) is 11.3 Å². The molecule has 0 radical (unpaired) electrons. The van der Waals surface area contributed by atoms with Crippen molar-refractivity contribution in [2.24, 2.45) is 0 Å².